The highest BCUT2D eigenvalue weighted by atomic mass is 16.5. The van der Waals surface area contributed by atoms with E-state index >= 15 is 0 Å². The molecule has 1 fully saturated rings. The highest BCUT2D eigenvalue weighted by Crippen LogP contribution is 2.16. The first-order valence-electron chi connectivity index (χ1n) is 7.82. The number of benzene rings is 1. The fourth-order valence-electron chi connectivity index (χ4n) is 2.59. The summed E-state index contributed by atoms with van der Waals surface area (Å²) >= 11 is 0. The smallest absolute Gasteiger partial charge is 0.257 e. The van der Waals surface area contributed by atoms with Crippen LogP contribution in [-0.4, -0.2) is 32.1 Å². The summed E-state index contributed by atoms with van der Waals surface area (Å²) in [4.78, 5) is 11.8. The van der Waals surface area contributed by atoms with Crippen LogP contribution >= 0.6 is 0 Å². The maximum absolute atomic E-state index is 11.8. The van der Waals surface area contributed by atoms with Crippen LogP contribution in [0.3, 0.4) is 0 Å². The predicted octanol–water partition coefficient (Wildman–Crippen LogP) is 2.19. The van der Waals surface area contributed by atoms with Gasteiger partial charge in [0, 0.05) is 6.54 Å². The zero-order valence-corrected chi connectivity index (χ0v) is 13.1. The van der Waals surface area contributed by atoms with Crippen LogP contribution in [0.2, 0.25) is 0 Å². The summed E-state index contributed by atoms with van der Waals surface area (Å²) in [5.41, 5.74) is 2.41. The largest absolute Gasteiger partial charge is 0.484 e. The van der Waals surface area contributed by atoms with Crippen molar-refractivity contribution in [2.45, 2.75) is 33.1 Å². The molecular weight excluding hydrogens is 264 g/mol. The zero-order chi connectivity index (χ0) is 15.1. The number of hydrogen-bond donors (Lipinski definition) is 2. The van der Waals surface area contributed by atoms with Gasteiger partial charge in [-0.2, -0.15) is 0 Å². The Morgan fingerprint density at radius 2 is 2.24 bits per heavy atom. The first-order valence-corrected chi connectivity index (χ1v) is 7.82. The second-order valence-corrected chi connectivity index (χ2v) is 5.89. The van der Waals surface area contributed by atoms with Gasteiger partial charge in [0.25, 0.3) is 5.91 Å². The maximum atomic E-state index is 11.8. The Morgan fingerprint density at radius 1 is 1.38 bits per heavy atom. The van der Waals surface area contributed by atoms with Crippen molar-refractivity contribution in [1.82, 2.24) is 10.6 Å². The summed E-state index contributed by atoms with van der Waals surface area (Å²) in [6.07, 6.45) is 3.55. The number of aryl methyl sites for hydroxylation is 2. The first kappa shape index (κ1) is 15.8. The third kappa shape index (κ3) is 5.38. The van der Waals surface area contributed by atoms with Gasteiger partial charge in [-0.05, 0) is 75.4 Å². The molecule has 2 rings (SSSR count). The molecule has 0 aromatic heterocycles. The lowest BCUT2D eigenvalue weighted by atomic mass is 9.96. The molecule has 2 N–H and O–H groups in total. The highest BCUT2D eigenvalue weighted by molar-refractivity contribution is 5.77. The molecule has 1 amide bonds. The summed E-state index contributed by atoms with van der Waals surface area (Å²) in [7, 11) is 0. The molecule has 1 aromatic carbocycles. The molecule has 4 nitrogen and oxygen atoms in total. The van der Waals surface area contributed by atoms with Crippen LogP contribution in [0.5, 0.6) is 5.75 Å². The van der Waals surface area contributed by atoms with E-state index in [-0.39, 0.29) is 12.5 Å². The van der Waals surface area contributed by atoms with Crippen molar-refractivity contribution in [1.29, 1.82) is 0 Å². The van der Waals surface area contributed by atoms with Gasteiger partial charge in [0.05, 0.1) is 0 Å². The van der Waals surface area contributed by atoms with Gasteiger partial charge in [-0.3, -0.25) is 4.79 Å². The van der Waals surface area contributed by atoms with Crippen molar-refractivity contribution >= 4 is 5.91 Å². The van der Waals surface area contributed by atoms with E-state index in [9.17, 15) is 4.79 Å². The molecule has 1 aliphatic rings. The monoisotopic (exact) mass is 290 g/mol. The molecule has 21 heavy (non-hydrogen) atoms. The number of ether oxygens (including phenoxy) is 1. The predicted molar refractivity (Wildman–Crippen MR) is 84.6 cm³/mol. The lowest BCUT2D eigenvalue weighted by Crippen LogP contribution is -2.34. The summed E-state index contributed by atoms with van der Waals surface area (Å²) in [5, 5.41) is 6.33. The zero-order valence-electron chi connectivity index (χ0n) is 13.1. The molecule has 1 saturated heterocycles. The Bertz CT molecular complexity index is 468. The van der Waals surface area contributed by atoms with Gasteiger partial charge >= 0.3 is 0 Å². The standard InChI is InChI=1S/C17H26N2O2/c1-13-5-6-16(10-14(13)2)21-12-17(20)19-9-7-15-4-3-8-18-11-15/h5-6,10,15,18H,3-4,7-9,11-12H2,1-2H3,(H,19,20). The van der Waals surface area contributed by atoms with Crippen LogP contribution in [0.25, 0.3) is 0 Å². The summed E-state index contributed by atoms with van der Waals surface area (Å²) in [5.74, 6) is 1.40. The minimum Gasteiger partial charge on any atom is -0.484 e. The molecule has 0 aliphatic carbocycles. The van der Waals surface area contributed by atoms with Gasteiger partial charge in [0.1, 0.15) is 5.75 Å². The van der Waals surface area contributed by atoms with E-state index in [1.807, 2.05) is 25.1 Å². The van der Waals surface area contributed by atoms with Crippen molar-refractivity contribution < 1.29 is 9.53 Å². The molecule has 0 radical (unpaired) electrons. The molecule has 1 aromatic rings. The molecule has 0 bridgehead atoms. The fourth-order valence-corrected chi connectivity index (χ4v) is 2.59. The van der Waals surface area contributed by atoms with Crippen molar-refractivity contribution in [2.24, 2.45) is 5.92 Å². The summed E-state index contributed by atoms with van der Waals surface area (Å²) in [6.45, 7) is 7.14. The number of piperidine rings is 1. The fraction of sp³-hybridized carbons (Fsp3) is 0.588. The molecule has 1 unspecified atom stereocenters. The number of nitrogens with one attached hydrogen (secondary N) is 2. The van der Waals surface area contributed by atoms with Gasteiger partial charge in [-0.15, -0.1) is 0 Å². The van der Waals surface area contributed by atoms with E-state index in [1.54, 1.807) is 0 Å². The van der Waals surface area contributed by atoms with Crippen molar-refractivity contribution in [3.05, 3.63) is 29.3 Å². The highest BCUT2D eigenvalue weighted by Gasteiger charge is 2.12. The van der Waals surface area contributed by atoms with Gasteiger partial charge in [0.2, 0.25) is 0 Å². The third-order valence-electron chi connectivity index (χ3n) is 4.12. The lowest BCUT2D eigenvalue weighted by Gasteiger charge is -2.22. The lowest BCUT2D eigenvalue weighted by molar-refractivity contribution is -0.123. The average Bonchev–Trinajstić information content (AvgIpc) is 2.49. The topological polar surface area (TPSA) is 50.4 Å². The van der Waals surface area contributed by atoms with E-state index in [0.717, 1.165) is 31.8 Å². The quantitative estimate of drug-likeness (QED) is 0.844. The number of carbonyl (C=O) groups excluding carboxylic acids is 1. The number of hydrogen-bond acceptors (Lipinski definition) is 3. The molecule has 4 heteroatoms. The Balaban J connectivity index is 1.63. The van der Waals surface area contributed by atoms with Crippen LogP contribution < -0.4 is 15.4 Å². The minimum atomic E-state index is -0.0444. The van der Waals surface area contributed by atoms with Crippen LogP contribution in [0.4, 0.5) is 0 Å². The minimum absolute atomic E-state index is 0.0444. The molecule has 0 saturated carbocycles. The van der Waals surface area contributed by atoms with E-state index in [1.165, 1.54) is 24.0 Å². The molecular formula is C17H26N2O2. The summed E-state index contributed by atoms with van der Waals surface area (Å²) < 4.78 is 5.52. The second-order valence-electron chi connectivity index (χ2n) is 5.89. The van der Waals surface area contributed by atoms with Crippen molar-refractivity contribution in [2.75, 3.05) is 26.2 Å². The Kier molecular flexibility index (Phi) is 6.05. The number of carbonyl (C=O) groups is 1. The average molecular weight is 290 g/mol. The molecule has 0 spiro atoms. The van der Waals surface area contributed by atoms with Gasteiger partial charge < -0.3 is 15.4 Å². The van der Waals surface area contributed by atoms with Gasteiger partial charge in [-0.25, -0.2) is 0 Å². The van der Waals surface area contributed by atoms with E-state index < -0.39 is 0 Å². The number of rotatable bonds is 6. The van der Waals surface area contributed by atoms with Crippen LogP contribution in [0.1, 0.15) is 30.4 Å². The van der Waals surface area contributed by atoms with Crippen LogP contribution in [0, 0.1) is 19.8 Å². The van der Waals surface area contributed by atoms with E-state index in [4.69, 9.17) is 4.74 Å². The molecule has 1 atom stereocenters. The Hall–Kier alpha value is -1.55. The van der Waals surface area contributed by atoms with Crippen molar-refractivity contribution in [3.8, 4) is 5.75 Å². The third-order valence-corrected chi connectivity index (χ3v) is 4.12. The van der Waals surface area contributed by atoms with E-state index in [0.29, 0.717) is 5.92 Å². The van der Waals surface area contributed by atoms with E-state index in [2.05, 4.69) is 17.6 Å². The van der Waals surface area contributed by atoms with Crippen LogP contribution in [0.15, 0.2) is 18.2 Å². The Morgan fingerprint density at radius 3 is 2.95 bits per heavy atom. The van der Waals surface area contributed by atoms with Crippen molar-refractivity contribution in [3.63, 3.8) is 0 Å². The first-order chi connectivity index (χ1) is 10.1. The molecule has 116 valence electrons. The molecule has 1 heterocycles. The normalized spacial score (nSPS) is 18.3. The summed E-state index contributed by atoms with van der Waals surface area (Å²) in [6, 6.07) is 5.89. The van der Waals surface area contributed by atoms with Gasteiger partial charge in [-0.1, -0.05) is 6.07 Å². The second kappa shape index (κ2) is 8.03. The Labute approximate surface area is 127 Å². The maximum Gasteiger partial charge on any atom is 0.257 e. The SMILES string of the molecule is Cc1ccc(OCC(=O)NCCC2CCCNC2)cc1C. The van der Waals surface area contributed by atoms with Gasteiger partial charge in [0.15, 0.2) is 6.61 Å². The molecule has 1 aliphatic heterocycles. The number of amides is 1. The van der Waals surface area contributed by atoms with Crippen LogP contribution in [-0.2, 0) is 4.79 Å².